The van der Waals surface area contributed by atoms with E-state index in [0.29, 0.717) is 0 Å². The van der Waals surface area contributed by atoms with Crippen LogP contribution >= 0.6 is 109 Å². The molecule has 2 aromatic carbocycles. The fraction of sp³-hybridized carbons (Fsp3) is 0. The number of benzene rings is 2. The standard InChI is InChI=1S/C12H4Br4I2/c13-5-1-7(11(17)9(15)3-5)8-2-6(14)4-10(16)12(8)18/h1-4H. The molecule has 2 aromatic rings. The van der Waals surface area contributed by atoms with Gasteiger partial charge in [0, 0.05) is 25.0 Å². The van der Waals surface area contributed by atoms with Crippen LogP contribution < -0.4 is 0 Å². The van der Waals surface area contributed by atoms with E-state index in [1.807, 2.05) is 0 Å². The van der Waals surface area contributed by atoms with Crippen LogP contribution in [0.25, 0.3) is 11.1 Å². The van der Waals surface area contributed by atoms with Crippen LogP contribution in [0.15, 0.2) is 42.2 Å². The summed E-state index contributed by atoms with van der Waals surface area (Å²) in [6.07, 6.45) is 0. The first-order chi connectivity index (χ1) is 8.40. The van der Waals surface area contributed by atoms with Crippen molar-refractivity contribution >= 4 is 109 Å². The Morgan fingerprint density at radius 1 is 0.611 bits per heavy atom. The molecule has 0 N–H and O–H groups in total. The molecule has 0 aliphatic rings. The van der Waals surface area contributed by atoms with E-state index >= 15 is 0 Å². The number of hydrogen-bond donors (Lipinski definition) is 0. The smallest absolute Gasteiger partial charge is 0.0352 e. The highest BCUT2D eigenvalue weighted by molar-refractivity contribution is 14.1. The van der Waals surface area contributed by atoms with Crippen LogP contribution in [-0.4, -0.2) is 0 Å². The molecule has 0 fully saturated rings. The first kappa shape index (κ1) is 16.2. The molecule has 0 spiro atoms. The summed E-state index contributed by atoms with van der Waals surface area (Å²) in [6.45, 7) is 0. The van der Waals surface area contributed by atoms with Crippen LogP contribution in [0.1, 0.15) is 0 Å². The maximum absolute atomic E-state index is 3.59. The van der Waals surface area contributed by atoms with Crippen molar-refractivity contribution in [3.05, 3.63) is 49.3 Å². The fourth-order valence-corrected chi connectivity index (χ4v) is 5.16. The van der Waals surface area contributed by atoms with Crippen LogP contribution in [-0.2, 0) is 0 Å². The van der Waals surface area contributed by atoms with E-state index in [1.54, 1.807) is 0 Å². The van der Waals surface area contributed by atoms with Gasteiger partial charge in [0.1, 0.15) is 0 Å². The Morgan fingerprint density at radius 3 is 1.28 bits per heavy atom. The molecular weight excluding hydrogens is 718 g/mol. The second-order valence-electron chi connectivity index (χ2n) is 3.50. The van der Waals surface area contributed by atoms with Gasteiger partial charge in [0.2, 0.25) is 0 Å². The fourth-order valence-electron chi connectivity index (χ4n) is 1.50. The zero-order chi connectivity index (χ0) is 13.4. The Balaban J connectivity index is 2.77. The zero-order valence-electron chi connectivity index (χ0n) is 8.58. The number of rotatable bonds is 1. The first-order valence-electron chi connectivity index (χ1n) is 4.69. The lowest BCUT2D eigenvalue weighted by Crippen LogP contribution is -1.90. The second-order valence-corrected chi connectivity index (χ2v) is 9.20. The highest BCUT2D eigenvalue weighted by atomic mass is 127. The van der Waals surface area contributed by atoms with Gasteiger partial charge in [-0.05, 0) is 112 Å². The summed E-state index contributed by atoms with van der Waals surface area (Å²) in [5.41, 5.74) is 2.42. The van der Waals surface area contributed by atoms with Crippen molar-refractivity contribution < 1.29 is 0 Å². The van der Waals surface area contributed by atoms with Crippen LogP contribution in [0.4, 0.5) is 0 Å². The lowest BCUT2D eigenvalue weighted by Gasteiger charge is -2.12. The monoisotopic (exact) mass is 718 g/mol. The molecule has 18 heavy (non-hydrogen) atoms. The molecule has 0 amide bonds. The molecule has 0 aliphatic heterocycles. The number of halogens is 6. The molecule has 0 radical (unpaired) electrons. The van der Waals surface area contributed by atoms with E-state index in [2.05, 4.69) is 133 Å². The maximum Gasteiger partial charge on any atom is 0.0352 e. The van der Waals surface area contributed by atoms with E-state index in [9.17, 15) is 0 Å². The largest absolute Gasteiger partial charge is 0.0508 e. The molecule has 0 unspecified atom stereocenters. The molecule has 0 aliphatic carbocycles. The quantitative estimate of drug-likeness (QED) is 0.210. The zero-order valence-corrected chi connectivity index (χ0v) is 19.2. The molecular formula is C12H4Br4I2. The van der Waals surface area contributed by atoms with Gasteiger partial charge in [0.05, 0.1) is 0 Å². The summed E-state index contributed by atoms with van der Waals surface area (Å²) in [4.78, 5) is 0. The molecule has 6 heteroatoms. The van der Waals surface area contributed by atoms with Crippen molar-refractivity contribution in [3.63, 3.8) is 0 Å². The predicted molar refractivity (Wildman–Crippen MR) is 108 cm³/mol. The molecule has 0 saturated carbocycles. The van der Waals surface area contributed by atoms with Gasteiger partial charge in [-0.1, -0.05) is 31.9 Å². The number of hydrogen-bond acceptors (Lipinski definition) is 0. The van der Waals surface area contributed by atoms with Gasteiger partial charge < -0.3 is 0 Å². The van der Waals surface area contributed by atoms with Gasteiger partial charge in [-0.15, -0.1) is 0 Å². The van der Waals surface area contributed by atoms with Gasteiger partial charge >= 0.3 is 0 Å². The van der Waals surface area contributed by atoms with Gasteiger partial charge in [-0.3, -0.25) is 0 Å². The minimum atomic E-state index is 1.07. The maximum atomic E-state index is 3.59. The summed E-state index contributed by atoms with van der Waals surface area (Å²) in [5.74, 6) is 0. The normalized spacial score (nSPS) is 10.8. The molecule has 2 rings (SSSR count). The van der Waals surface area contributed by atoms with Crippen LogP contribution in [0, 0.1) is 7.14 Å². The Labute approximate surface area is 166 Å². The van der Waals surface area contributed by atoms with Crippen LogP contribution in [0.3, 0.4) is 0 Å². The minimum Gasteiger partial charge on any atom is -0.0508 e. The van der Waals surface area contributed by atoms with Gasteiger partial charge in [-0.2, -0.15) is 0 Å². The third-order valence-corrected chi connectivity index (χ3v) is 8.25. The first-order valence-corrected chi connectivity index (χ1v) is 10.0. The summed E-state index contributed by atoms with van der Waals surface area (Å²) in [6, 6.07) is 8.40. The molecule has 0 bridgehead atoms. The highest BCUT2D eigenvalue weighted by Crippen LogP contribution is 2.39. The Kier molecular flexibility index (Phi) is 6.05. The van der Waals surface area contributed by atoms with E-state index in [-0.39, 0.29) is 0 Å². The van der Waals surface area contributed by atoms with Crippen LogP contribution in [0.5, 0.6) is 0 Å². The SMILES string of the molecule is Brc1cc(Br)c(I)c(-c2cc(Br)cc(Br)c2I)c1. The average Bonchev–Trinajstić information content (AvgIpc) is 2.28. The van der Waals surface area contributed by atoms with Crippen molar-refractivity contribution in [3.8, 4) is 11.1 Å². The van der Waals surface area contributed by atoms with Crippen molar-refractivity contribution in [2.24, 2.45) is 0 Å². The van der Waals surface area contributed by atoms with E-state index in [1.165, 1.54) is 18.3 Å². The van der Waals surface area contributed by atoms with E-state index < -0.39 is 0 Å². The van der Waals surface area contributed by atoms with Gasteiger partial charge in [0.15, 0.2) is 0 Å². The predicted octanol–water partition coefficient (Wildman–Crippen LogP) is 7.61. The summed E-state index contributed by atoms with van der Waals surface area (Å²) in [5, 5.41) is 0. The lowest BCUT2D eigenvalue weighted by molar-refractivity contribution is 1.47. The van der Waals surface area contributed by atoms with E-state index in [0.717, 1.165) is 17.9 Å². The molecule has 0 nitrogen and oxygen atoms in total. The summed E-state index contributed by atoms with van der Waals surface area (Å²) in [7, 11) is 0. The highest BCUT2D eigenvalue weighted by Gasteiger charge is 2.13. The third kappa shape index (κ3) is 3.52. The average molecular weight is 722 g/mol. The van der Waals surface area contributed by atoms with Crippen LogP contribution in [0.2, 0.25) is 0 Å². The van der Waals surface area contributed by atoms with Gasteiger partial charge in [0.25, 0.3) is 0 Å². The summed E-state index contributed by atoms with van der Waals surface area (Å²) < 4.78 is 6.74. The van der Waals surface area contributed by atoms with Crippen molar-refractivity contribution in [2.45, 2.75) is 0 Å². The Hall–Kier alpha value is 1.82. The Bertz CT molecular complexity index is 570. The molecule has 0 heterocycles. The lowest BCUT2D eigenvalue weighted by atomic mass is 10.1. The topological polar surface area (TPSA) is 0 Å². The minimum absolute atomic E-state index is 1.07. The van der Waals surface area contributed by atoms with Crippen molar-refractivity contribution in [2.75, 3.05) is 0 Å². The summed E-state index contributed by atoms with van der Waals surface area (Å²) >= 11 is 19.0. The molecule has 94 valence electrons. The van der Waals surface area contributed by atoms with Gasteiger partial charge in [-0.25, -0.2) is 0 Å². The van der Waals surface area contributed by atoms with Crippen molar-refractivity contribution in [1.29, 1.82) is 0 Å². The van der Waals surface area contributed by atoms with Crippen molar-refractivity contribution in [1.82, 2.24) is 0 Å². The second kappa shape index (κ2) is 6.72. The molecule has 0 aromatic heterocycles. The Morgan fingerprint density at radius 2 is 0.944 bits per heavy atom. The molecule has 0 saturated heterocycles. The third-order valence-electron chi connectivity index (χ3n) is 2.28. The van der Waals surface area contributed by atoms with E-state index in [4.69, 9.17) is 0 Å². The molecule has 0 atom stereocenters.